The van der Waals surface area contributed by atoms with Crippen molar-refractivity contribution in [1.82, 2.24) is 9.55 Å². The molecule has 0 N–H and O–H groups in total. The zero-order valence-electron chi connectivity index (χ0n) is 25.1. The molecule has 44 heavy (non-hydrogen) atoms. The van der Waals surface area contributed by atoms with Crippen LogP contribution >= 0.6 is 0 Å². The zero-order chi connectivity index (χ0) is 30.0. The van der Waals surface area contributed by atoms with E-state index in [1.165, 1.54) is 15.6 Å². The molecule has 0 saturated heterocycles. The number of hydrogen-bond donors (Lipinski definition) is 0. The lowest BCUT2D eigenvalue weighted by Gasteiger charge is -2.34. The SMILES string of the molecule is CCCOc1ccc([Si](Cn2ccnc2[B]C(=Cc2ccccc2)c2ccccc2)(c2ccccc2)c2ccccc2)cc1. The molecule has 1 aromatic heterocycles. The zero-order valence-corrected chi connectivity index (χ0v) is 26.1. The molecule has 5 heteroatoms. The van der Waals surface area contributed by atoms with Crippen molar-refractivity contribution in [2.24, 2.45) is 0 Å². The maximum atomic E-state index is 5.98. The molecule has 0 unspecified atom stereocenters. The van der Waals surface area contributed by atoms with Gasteiger partial charge in [0, 0.05) is 18.6 Å². The van der Waals surface area contributed by atoms with Crippen LogP contribution in [-0.2, 0) is 6.17 Å². The van der Waals surface area contributed by atoms with Crippen LogP contribution < -0.4 is 26.0 Å². The highest BCUT2D eigenvalue weighted by atomic mass is 28.3. The lowest BCUT2D eigenvalue weighted by Crippen LogP contribution is -2.70. The minimum Gasteiger partial charge on any atom is -0.494 e. The summed E-state index contributed by atoms with van der Waals surface area (Å²) >= 11 is 0. The maximum Gasteiger partial charge on any atom is 0.241 e. The molecule has 0 atom stereocenters. The minimum atomic E-state index is -2.59. The predicted molar refractivity (Wildman–Crippen MR) is 188 cm³/mol. The Hall–Kier alpha value is -4.87. The quantitative estimate of drug-likeness (QED) is 0.101. The van der Waals surface area contributed by atoms with Crippen LogP contribution in [0.15, 0.2) is 158 Å². The van der Waals surface area contributed by atoms with E-state index >= 15 is 0 Å². The Bertz CT molecular complexity index is 1730. The number of imidazole rings is 1. The van der Waals surface area contributed by atoms with E-state index in [0.717, 1.165) is 40.7 Å². The predicted octanol–water partition coefficient (Wildman–Crippen LogP) is 5.91. The molecule has 0 bridgehead atoms. The van der Waals surface area contributed by atoms with E-state index in [9.17, 15) is 0 Å². The van der Waals surface area contributed by atoms with Crippen LogP contribution in [0.2, 0.25) is 0 Å². The van der Waals surface area contributed by atoms with Crippen LogP contribution in [0.3, 0.4) is 0 Å². The number of aromatic nitrogens is 2. The molecule has 0 spiro atoms. The van der Waals surface area contributed by atoms with Crippen molar-refractivity contribution < 1.29 is 4.74 Å². The van der Waals surface area contributed by atoms with E-state index < -0.39 is 8.07 Å². The molecule has 6 rings (SSSR count). The van der Waals surface area contributed by atoms with E-state index in [4.69, 9.17) is 9.72 Å². The summed E-state index contributed by atoms with van der Waals surface area (Å²) in [7, 11) is -0.369. The summed E-state index contributed by atoms with van der Waals surface area (Å²) < 4.78 is 8.33. The highest BCUT2D eigenvalue weighted by Crippen LogP contribution is 2.18. The summed E-state index contributed by atoms with van der Waals surface area (Å²) in [6.07, 6.45) is 8.08. The molecule has 0 fully saturated rings. The second-order valence-corrected chi connectivity index (χ2v) is 14.8. The summed E-state index contributed by atoms with van der Waals surface area (Å²) in [5.41, 5.74) is 4.36. The molecular weight excluding hydrogens is 551 g/mol. The number of rotatable bonds is 12. The fraction of sp³-hybridized carbons (Fsp3) is 0.103. The lowest BCUT2D eigenvalue weighted by molar-refractivity contribution is 0.317. The Kier molecular flexibility index (Phi) is 9.34. The highest BCUT2D eigenvalue weighted by molar-refractivity contribution is 7.10. The van der Waals surface area contributed by atoms with Crippen molar-refractivity contribution in [2.45, 2.75) is 19.5 Å². The first kappa shape index (κ1) is 29.2. The number of hydrogen-bond acceptors (Lipinski definition) is 2. The Balaban J connectivity index is 1.46. The molecule has 3 nitrogen and oxygen atoms in total. The van der Waals surface area contributed by atoms with Crippen molar-refractivity contribution in [3.63, 3.8) is 0 Å². The van der Waals surface area contributed by atoms with Gasteiger partial charge in [-0.2, -0.15) is 0 Å². The van der Waals surface area contributed by atoms with E-state index in [1.54, 1.807) is 0 Å². The molecule has 0 saturated carbocycles. The van der Waals surface area contributed by atoms with Crippen molar-refractivity contribution in [1.29, 1.82) is 0 Å². The first-order valence-electron chi connectivity index (χ1n) is 15.3. The Morgan fingerprint density at radius 1 is 0.705 bits per heavy atom. The molecule has 0 aliphatic heterocycles. The molecule has 0 aliphatic rings. The summed E-state index contributed by atoms with van der Waals surface area (Å²) in [4.78, 5) is 4.90. The van der Waals surface area contributed by atoms with Crippen LogP contribution in [0.4, 0.5) is 0 Å². The molecule has 1 heterocycles. The van der Waals surface area contributed by atoms with E-state index in [1.807, 2.05) is 6.20 Å². The lowest BCUT2D eigenvalue weighted by atomic mass is 9.65. The van der Waals surface area contributed by atoms with Gasteiger partial charge in [-0.25, -0.2) is 0 Å². The summed E-state index contributed by atoms with van der Waals surface area (Å²) in [6.45, 7) is 2.85. The van der Waals surface area contributed by atoms with Crippen molar-refractivity contribution in [2.75, 3.05) is 6.61 Å². The van der Waals surface area contributed by atoms with Crippen molar-refractivity contribution in [3.8, 4) is 5.75 Å². The molecule has 5 aromatic carbocycles. The monoisotopic (exact) mass is 587 g/mol. The fourth-order valence-electron chi connectivity index (χ4n) is 5.83. The minimum absolute atomic E-state index is 0.716. The Morgan fingerprint density at radius 3 is 1.84 bits per heavy atom. The Labute approximate surface area is 262 Å². The van der Waals surface area contributed by atoms with Crippen molar-refractivity contribution >= 4 is 48.2 Å². The third kappa shape index (κ3) is 6.53. The van der Waals surface area contributed by atoms with E-state index in [2.05, 4.69) is 177 Å². The first-order valence-corrected chi connectivity index (χ1v) is 17.5. The average molecular weight is 588 g/mol. The number of nitrogens with zero attached hydrogens (tertiary/aromatic N) is 2. The van der Waals surface area contributed by atoms with Gasteiger partial charge >= 0.3 is 0 Å². The van der Waals surface area contributed by atoms with Crippen LogP contribution in [0, 0.1) is 0 Å². The van der Waals surface area contributed by atoms with Gasteiger partial charge in [0.05, 0.1) is 12.3 Å². The fourth-order valence-corrected chi connectivity index (χ4v) is 10.4. The van der Waals surface area contributed by atoms with Gasteiger partial charge < -0.3 is 9.30 Å². The van der Waals surface area contributed by atoms with Crippen LogP contribution in [0.5, 0.6) is 5.75 Å². The highest BCUT2D eigenvalue weighted by Gasteiger charge is 2.40. The van der Waals surface area contributed by atoms with Gasteiger partial charge in [-0.05, 0) is 45.2 Å². The van der Waals surface area contributed by atoms with Gasteiger partial charge in [0.15, 0.2) is 8.07 Å². The number of benzene rings is 5. The van der Waals surface area contributed by atoms with E-state index in [0.29, 0.717) is 6.61 Å². The summed E-state index contributed by atoms with van der Waals surface area (Å²) in [5.74, 6) is 0.912. The summed E-state index contributed by atoms with van der Waals surface area (Å²) in [6, 6.07) is 51.9. The standard InChI is InChI=1S/C39H36BN2OSi/c1-2-29-43-34-23-25-37(26-24-34)44(35-19-11-5-12-20-35,36-21-13-6-14-22-36)31-42-28-27-41-39(42)40-38(33-17-9-4-10-18-33)30-32-15-7-3-8-16-32/h3-28,30H,2,29,31H2,1H3. The van der Waals surface area contributed by atoms with Crippen molar-refractivity contribution in [3.05, 3.63) is 169 Å². The molecule has 6 aromatic rings. The van der Waals surface area contributed by atoms with E-state index in [-0.39, 0.29) is 0 Å². The maximum absolute atomic E-state index is 5.98. The van der Waals surface area contributed by atoms with Crippen LogP contribution in [-0.4, -0.2) is 31.5 Å². The Morgan fingerprint density at radius 2 is 1.25 bits per heavy atom. The van der Waals surface area contributed by atoms with Gasteiger partial charge in [-0.1, -0.05) is 152 Å². The normalized spacial score (nSPS) is 11.7. The smallest absolute Gasteiger partial charge is 0.241 e. The third-order valence-corrected chi connectivity index (χ3v) is 12.8. The van der Waals surface area contributed by atoms with Gasteiger partial charge in [0.2, 0.25) is 7.28 Å². The third-order valence-electron chi connectivity index (χ3n) is 8.02. The average Bonchev–Trinajstić information content (AvgIpc) is 3.54. The van der Waals surface area contributed by atoms with Crippen LogP contribution in [0.1, 0.15) is 24.5 Å². The number of ether oxygens (including phenoxy) is 1. The second kappa shape index (κ2) is 14.1. The summed E-state index contributed by atoms with van der Waals surface area (Å²) in [5, 5.41) is 4.05. The van der Waals surface area contributed by atoms with Gasteiger partial charge in [0.25, 0.3) is 0 Å². The molecule has 1 radical (unpaired) electrons. The molecule has 0 aliphatic carbocycles. The second-order valence-electron chi connectivity index (χ2n) is 10.9. The van der Waals surface area contributed by atoms with Gasteiger partial charge in [-0.3, -0.25) is 4.98 Å². The first-order chi connectivity index (χ1) is 21.8. The van der Waals surface area contributed by atoms with Crippen LogP contribution in [0.25, 0.3) is 11.5 Å². The van der Waals surface area contributed by atoms with Gasteiger partial charge in [-0.15, -0.1) is 0 Å². The molecule has 0 amide bonds. The topological polar surface area (TPSA) is 27.1 Å². The molecule has 215 valence electrons. The van der Waals surface area contributed by atoms with Gasteiger partial charge in [0.1, 0.15) is 5.75 Å². The largest absolute Gasteiger partial charge is 0.494 e. The molecular formula is C39H36BN2OSi.